The van der Waals surface area contributed by atoms with Crippen LogP contribution in [0, 0.1) is 5.82 Å². The minimum atomic E-state index is -1.89. The first-order valence-electron chi connectivity index (χ1n) is 5.99. The molecule has 8 heteroatoms. The van der Waals surface area contributed by atoms with Gasteiger partial charge in [0, 0.05) is 18.3 Å². The van der Waals surface area contributed by atoms with E-state index < -0.39 is 29.1 Å². The Bertz CT molecular complexity index is 625. The Morgan fingerprint density at radius 3 is 2.24 bits per heavy atom. The lowest BCUT2D eigenvalue weighted by Crippen LogP contribution is -2.55. The summed E-state index contributed by atoms with van der Waals surface area (Å²) in [6.07, 6.45) is 0. The molecular formula is C13H12BrFN2O4. The lowest BCUT2D eigenvalue weighted by Gasteiger charge is -2.35. The number of nitrogens with zero attached hydrogens (tertiary/aromatic N) is 2. The van der Waals surface area contributed by atoms with E-state index in [0.717, 1.165) is 0 Å². The summed E-state index contributed by atoms with van der Waals surface area (Å²) in [5, 5.41) is 7.53. The number of esters is 2. The van der Waals surface area contributed by atoms with E-state index in [0.29, 0.717) is 4.47 Å². The van der Waals surface area contributed by atoms with Crippen LogP contribution in [0.4, 0.5) is 10.1 Å². The smallest absolute Gasteiger partial charge is 0.350 e. The van der Waals surface area contributed by atoms with Crippen LogP contribution in [0.5, 0.6) is 0 Å². The van der Waals surface area contributed by atoms with Crippen molar-refractivity contribution in [3.05, 3.63) is 28.5 Å². The molecule has 0 N–H and O–H groups in total. The maximum Gasteiger partial charge on any atom is 0.350 e. The first-order chi connectivity index (χ1) is 9.64. The predicted molar refractivity (Wildman–Crippen MR) is 73.3 cm³/mol. The fourth-order valence-electron chi connectivity index (χ4n) is 1.55. The van der Waals surface area contributed by atoms with Gasteiger partial charge in [-0.2, -0.15) is 10.2 Å². The third-order valence-electron chi connectivity index (χ3n) is 2.74. The van der Waals surface area contributed by atoms with Crippen LogP contribution in [0.2, 0.25) is 0 Å². The van der Waals surface area contributed by atoms with Gasteiger partial charge in [0.25, 0.3) is 11.3 Å². The van der Waals surface area contributed by atoms with Gasteiger partial charge >= 0.3 is 11.9 Å². The molecule has 1 aliphatic rings. The Morgan fingerprint density at radius 1 is 1.14 bits per heavy atom. The van der Waals surface area contributed by atoms with Gasteiger partial charge in [0.1, 0.15) is 5.82 Å². The fourth-order valence-corrected chi connectivity index (χ4v) is 1.98. The SMILES string of the molecule is CC1(C)OC(=O)C(C)(N=Nc2ccc(F)cc2Br)C(=O)O1. The van der Waals surface area contributed by atoms with E-state index in [-0.39, 0.29) is 5.69 Å². The van der Waals surface area contributed by atoms with E-state index in [1.165, 1.54) is 39.0 Å². The Kier molecular flexibility index (Phi) is 3.83. The second-order valence-corrected chi connectivity index (χ2v) is 5.90. The molecule has 1 aromatic carbocycles. The molecule has 6 nitrogen and oxygen atoms in total. The number of carbonyl (C=O) groups is 2. The van der Waals surface area contributed by atoms with Crippen molar-refractivity contribution in [2.75, 3.05) is 0 Å². The van der Waals surface area contributed by atoms with Crippen LogP contribution in [-0.2, 0) is 19.1 Å². The Morgan fingerprint density at radius 2 is 1.71 bits per heavy atom. The average molecular weight is 359 g/mol. The van der Waals surface area contributed by atoms with Crippen LogP contribution in [0.3, 0.4) is 0 Å². The summed E-state index contributed by atoms with van der Waals surface area (Å²) in [6, 6.07) is 3.73. The van der Waals surface area contributed by atoms with Crippen molar-refractivity contribution in [1.82, 2.24) is 0 Å². The molecule has 1 saturated heterocycles. The Labute approximate surface area is 128 Å². The second kappa shape index (κ2) is 5.18. The molecule has 0 saturated carbocycles. The lowest BCUT2D eigenvalue weighted by atomic mass is 10.0. The summed E-state index contributed by atoms with van der Waals surface area (Å²) in [4.78, 5) is 23.9. The van der Waals surface area contributed by atoms with Crippen LogP contribution in [-0.4, -0.2) is 23.3 Å². The number of benzene rings is 1. The maximum atomic E-state index is 13.0. The third-order valence-corrected chi connectivity index (χ3v) is 3.37. The molecule has 0 spiro atoms. The highest BCUT2D eigenvalue weighted by atomic mass is 79.9. The fraction of sp³-hybridized carbons (Fsp3) is 0.385. The molecule has 0 aliphatic carbocycles. The number of rotatable bonds is 2. The molecule has 0 aromatic heterocycles. The van der Waals surface area contributed by atoms with Crippen LogP contribution in [0.1, 0.15) is 20.8 Å². The van der Waals surface area contributed by atoms with Crippen molar-refractivity contribution >= 4 is 33.6 Å². The van der Waals surface area contributed by atoms with Crippen molar-refractivity contribution in [2.24, 2.45) is 10.2 Å². The minimum absolute atomic E-state index is 0.267. The molecule has 0 atom stereocenters. The van der Waals surface area contributed by atoms with Crippen molar-refractivity contribution in [3.63, 3.8) is 0 Å². The van der Waals surface area contributed by atoms with Crippen molar-refractivity contribution in [1.29, 1.82) is 0 Å². The van der Waals surface area contributed by atoms with Gasteiger partial charge in [-0.3, -0.25) is 0 Å². The summed E-state index contributed by atoms with van der Waals surface area (Å²) in [5.41, 5.74) is -1.62. The van der Waals surface area contributed by atoms with E-state index >= 15 is 0 Å². The van der Waals surface area contributed by atoms with Gasteiger partial charge < -0.3 is 9.47 Å². The summed E-state index contributed by atoms with van der Waals surface area (Å²) >= 11 is 3.11. The topological polar surface area (TPSA) is 77.3 Å². The minimum Gasteiger partial charge on any atom is -0.421 e. The molecule has 2 rings (SSSR count). The summed E-state index contributed by atoms with van der Waals surface area (Å²) in [5.74, 6) is -3.50. The van der Waals surface area contributed by atoms with Crippen molar-refractivity contribution in [3.8, 4) is 0 Å². The molecule has 112 valence electrons. The Hall–Kier alpha value is -1.83. The van der Waals surface area contributed by atoms with Gasteiger partial charge in [-0.05, 0) is 41.1 Å². The van der Waals surface area contributed by atoms with Gasteiger partial charge in [-0.1, -0.05) is 0 Å². The number of hydrogen-bond donors (Lipinski definition) is 0. The highest BCUT2D eigenvalue weighted by Crippen LogP contribution is 2.32. The molecule has 1 fully saturated rings. The predicted octanol–water partition coefficient (Wildman–Crippen LogP) is 3.27. The quantitative estimate of drug-likeness (QED) is 0.461. The van der Waals surface area contributed by atoms with Crippen LogP contribution in [0.25, 0.3) is 0 Å². The molecule has 0 radical (unpaired) electrons. The maximum absolute atomic E-state index is 13.0. The monoisotopic (exact) mass is 358 g/mol. The largest absolute Gasteiger partial charge is 0.421 e. The number of cyclic esters (lactones) is 2. The Balaban J connectivity index is 2.30. The van der Waals surface area contributed by atoms with E-state index in [1.807, 2.05) is 0 Å². The first-order valence-corrected chi connectivity index (χ1v) is 6.78. The van der Waals surface area contributed by atoms with Gasteiger partial charge in [-0.25, -0.2) is 14.0 Å². The highest BCUT2D eigenvalue weighted by Gasteiger charge is 2.54. The third kappa shape index (κ3) is 3.10. The zero-order chi connectivity index (χ0) is 15.8. The van der Waals surface area contributed by atoms with Crippen molar-refractivity contribution in [2.45, 2.75) is 32.1 Å². The number of hydrogen-bond acceptors (Lipinski definition) is 6. The number of carbonyl (C=O) groups excluding carboxylic acids is 2. The molecule has 0 unspecified atom stereocenters. The standard InChI is InChI=1S/C13H12BrFN2O4/c1-12(2)20-10(18)13(3,11(19)21-12)17-16-9-5-4-7(15)6-8(9)14/h4-6H,1-3H3. The molecule has 0 bridgehead atoms. The summed E-state index contributed by atoms with van der Waals surface area (Å²) < 4.78 is 23.3. The van der Waals surface area contributed by atoms with E-state index in [9.17, 15) is 14.0 Å². The molecule has 21 heavy (non-hydrogen) atoms. The molecule has 1 aliphatic heterocycles. The van der Waals surface area contributed by atoms with E-state index in [2.05, 4.69) is 26.2 Å². The van der Waals surface area contributed by atoms with Gasteiger partial charge in [0.2, 0.25) is 0 Å². The van der Waals surface area contributed by atoms with E-state index in [1.54, 1.807) is 0 Å². The molecular weight excluding hydrogens is 347 g/mol. The average Bonchev–Trinajstić information content (AvgIpc) is 2.34. The van der Waals surface area contributed by atoms with Crippen LogP contribution >= 0.6 is 15.9 Å². The normalized spacial score (nSPS) is 20.2. The first kappa shape index (κ1) is 15.6. The highest BCUT2D eigenvalue weighted by molar-refractivity contribution is 9.10. The molecule has 0 amide bonds. The zero-order valence-corrected chi connectivity index (χ0v) is 13.1. The molecule has 1 heterocycles. The summed E-state index contributed by atoms with van der Waals surface area (Å²) in [7, 11) is 0. The van der Waals surface area contributed by atoms with Crippen LogP contribution in [0.15, 0.2) is 32.9 Å². The number of halogens is 2. The number of azo groups is 1. The van der Waals surface area contributed by atoms with Gasteiger partial charge in [-0.15, -0.1) is 0 Å². The van der Waals surface area contributed by atoms with E-state index in [4.69, 9.17) is 9.47 Å². The second-order valence-electron chi connectivity index (χ2n) is 5.05. The van der Waals surface area contributed by atoms with Crippen molar-refractivity contribution < 1.29 is 23.5 Å². The van der Waals surface area contributed by atoms with Gasteiger partial charge in [0.15, 0.2) is 0 Å². The van der Waals surface area contributed by atoms with Gasteiger partial charge in [0.05, 0.1) is 5.69 Å². The van der Waals surface area contributed by atoms with Crippen LogP contribution < -0.4 is 0 Å². The number of ether oxygens (including phenoxy) is 2. The lowest BCUT2D eigenvalue weighted by molar-refractivity contribution is -0.241. The zero-order valence-electron chi connectivity index (χ0n) is 11.5. The summed E-state index contributed by atoms with van der Waals surface area (Å²) in [6.45, 7) is 4.13. The molecule has 1 aromatic rings.